The summed E-state index contributed by atoms with van der Waals surface area (Å²) in [5.74, 6) is -0.151. The zero-order valence-corrected chi connectivity index (χ0v) is 11.8. The molecule has 106 valence electrons. The smallest absolute Gasteiger partial charge is 0.255 e. The second-order valence-electron chi connectivity index (χ2n) is 4.93. The molecule has 3 aromatic rings. The molecule has 0 bridgehead atoms. The molecule has 2 aromatic carbocycles. The topological polar surface area (TPSA) is 58.4 Å². The fourth-order valence-corrected chi connectivity index (χ4v) is 2.06. The maximum Gasteiger partial charge on any atom is 0.255 e. The Labute approximate surface area is 122 Å². The van der Waals surface area contributed by atoms with Crippen LogP contribution < -0.4 is 10.2 Å². The number of nitrogens with zero attached hydrogens (tertiary/aromatic N) is 2. The first-order chi connectivity index (χ1) is 10.1. The molecule has 0 unspecified atom stereocenters. The van der Waals surface area contributed by atoms with Gasteiger partial charge in [0.25, 0.3) is 5.91 Å². The van der Waals surface area contributed by atoms with E-state index in [0.29, 0.717) is 16.8 Å². The van der Waals surface area contributed by atoms with Gasteiger partial charge in [-0.1, -0.05) is 6.07 Å². The summed E-state index contributed by atoms with van der Waals surface area (Å²) in [6.45, 7) is 0. The number of carbonyl (C=O) groups is 1. The molecule has 1 aromatic heterocycles. The third-order valence-corrected chi connectivity index (χ3v) is 3.21. The lowest BCUT2D eigenvalue weighted by Crippen LogP contribution is -2.14. The molecule has 5 heteroatoms. The van der Waals surface area contributed by atoms with Gasteiger partial charge in [0.15, 0.2) is 12.0 Å². The van der Waals surface area contributed by atoms with Crippen LogP contribution in [0.1, 0.15) is 10.4 Å². The highest BCUT2D eigenvalue weighted by atomic mass is 16.3. The molecular weight excluding hydrogens is 266 g/mol. The van der Waals surface area contributed by atoms with Crippen LogP contribution in [-0.2, 0) is 0 Å². The number of benzene rings is 2. The number of fused-ring (bicyclic) bond motifs is 1. The van der Waals surface area contributed by atoms with Crippen molar-refractivity contribution < 1.29 is 9.21 Å². The minimum atomic E-state index is -0.151. The largest absolute Gasteiger partial charge is 0.443 e. The van der Waals surface area contributed by atoms with Crippen molar-refractivity contribution in [3.05, 3.63) is 54.4 Å². The summed E-state index contributed by atoms with van der Waals surface area (Å²) in [4.78, 5) is 18.3. The number of oxazole rings is 1. The number of hydrogen-bond acceptors (Lipinski definition) is 4. The fourth-order valence-electron chi connectivity index (χ4n) is 2.06. The van der Waals surface area contributed by atoms with Gasteiger partial charge >= 0.3 is 0 Å². The lowest BCUT2D eigenvalue weighted by molar-refractivity contribution is 0.102. The van der Waals surface area contributed by atoms with E-state index in [1.54, 1.807) is 24.3 Å². The number of aromatic nitrogens is 1. The van der Waals surface area contributed by atoms with E-state index in [-0.39, 0.29) is 5.91 Å². The van der Waals surface area contributed by atoms with E-state index in [1.165, 1.54) is 6.39 Å². The molecule has 1 N–H and O–H groups in total. The van der Waals surface area contributed by atoms with Crippen molar-refractivity contribution in [2.45, 2.75) is 0 Å². The van der Waals surface area contributed by atoms with E-state index >= 15 is 0 Å². The average molecular weight is 281 g/mol. The van der Waals surface area contributed by atoms with Crippen molar-refractivity contribution in [2.24, 2.45) is 0 Å². The van der Waals surface area contributed by atoms with Crippen molar-refractivity contribution in [1.82, 2.24) is 4.98 Å². The quantitative estimate of drug-likeness (QED) is 0.801. The molecule has 0 aliphatic heterocycles. The Morgan fingerprint density at radius 1 is 1.19 bits per heavy atom. The summed E-state index contributed by atoms with van der Waals surface area (Å²) >= 11 is 0. The molecule has 0 radical (unpaired) electrons. The van der Waals surface area contributed by atoms with Crippen LogP contribution in [0.15, 0.2) is 53.3 Å². The molecule has 5 nitrogen and oxygen atoms in total. The van der Waals surface area contributed by atoms with Gasteiger partial charge < -0.3 is 14.6 Å². The molecule has 1 heterocycles. The highest BCUT2D eigenvalue weighted by Crippen LogP contribution is 2.19. The highest BCUT2D eigenvalue weighted by Gasteiger charge is 2.08. The maximum absolute atomic E-state index is 12.3. The van der Waals surface area contributed by atoms with Gasteiger partial charge in [0.1, 0.15) is 5.52 Å². The summed E-state index contributed by atoms with van der Waals surface area (Å²) in [5, 5.41) is 2.87. The molecule has 0 atom stereocenters. The van der Waals surface area contributed by atoms with Gasteiger partial charge in [-0.3, -0.25) is 4.79 Å². The second-order valence-corrected chi connectivity index (χ2v) is 4.93. The predicted molar refractivity (Wildman–Crippen MR) is 82.7 cm³/mol. The zero-order chi connectivity index (χ0) is 14.8. The summed E-state index contributed by atoms with van der Waals surface area (Å²) in [5.41, 5.74) is 3.70. The molecular formula is C16H15N3O2. The summed E-state index contributed by atoms with van der Waals surface area (Å²) in [6.07, 6.45) is 1.39. The van der Waals surface area contributed by atoms with Crippen molar-refractivity contribution in [3.63, 3.8) is 0 Å². The number of anilines is 2. The second kappa shape index (κ2) is 5.28. The first kappa shape index (κ1) is 13.2. The van der Waals surface area contributed by atoms with Gasteiger partial charge in [0.2, 0.25) is 0 Å². The van der Waals surface area contributed by atoms with Crippen LogP contribution in [0.25, 0.3) is 11.1 Å². The molecule has 0 saturated carbocycles. The van der Waals surface area contributed by atoms with Crippen molar-refractivity contribution >= 4 is 28.4 Å². The first-order valence-electron chi connectivity index (χ1n) is 6.55. The molecule has 0 spiro atoms. The van der Waals surface area contributed by atoms with Crippen molar-refractivity contribution in [1.29, 1.82) is 0 Å². The van der Waals surface area contributed by atoms with Crippen molar-refractivity contribution in [3.8, 4) is 0 Å². The highest BCUT2D eigenvalue weighted by molar-refractivity contribution is 6.05. The Bertz CT molecular complexity index is 793. The number of rotatable bonds is 3. The van der Waals surface area contributed by atoms with Gasteiger partial charge in [-0.25, -0.2) is 4.98 Å². The minimum Gasteiger partial charge on any atom is -0.443 e. The van der Waals surface area contributed by atoms with Crippen LogP contribution in [-0.4, -0.2) is 25.0 Å². The maximum atomic E-state index is 12.3. The number of carbonyl (C=O) groups excluding carboxylic acids is 1. The Balaban J connectivity index is 1.83. The molecule has 0 aliphatic rings. The van der Waals surface area contributed by atoms with E-state index in [0.717, 1.165) is 11.2 Å². The zero-order valence-electron chi connectivity index (χ0n) is 11.8. The Morgan fingerprint density at radius 3 is 2.86 bits per heavy atom. The average Bonchev–Trinajstić information content (AvgIpc) is 2.95. The Morgan fingerprint density at radius 2 is 2.05 bits per heavy atom. The SMILES string of the molecule is CN(C)c1cccc(C(=O)Nc2ccc3ocnc3c2)c1. The van der Waals surface area contributed by atoms with Gasteiger partial charge in [0, 0.05) is 31.0 Å². The molecule has 3 rings (SSSR count). The van der Waals surface area contributed by atoms with Crippen LogP contribution in [0.3, 0.4) is 0 Å². The molecule has 0 saturated heterocycles. The van der Waals surface area contributed by atoms with Crippen LogP contribution >= 0.6 is 0 Å². The van der Waals surface area contributed by atoms with E-state index < -0.39 is 0 Å². The van der Waals surface area contributed by atoms with Gasteiger partial charge in [-0.05, 0) is 36.4 Å². The van der Waals surface area contributed by atoms with E-state index in [4.69, 9.17) is 4.42 Å². The lowest BCUT2D eigenvalue weighted by atomic mass is 10.1. The monoisotopic (exact) mass is 281 g/mol. The number of nitrogens with one attached hydrogen (secondary N) is 1. The van der Waals surface area contributed by atoms with Gasteiger partial charge in [0.05, 0.1) is 0 Å². The normalized spacial score (nSPS) is 10.6. The van der Waals surface area contributed by atoms with E-state index in [9.17, 15) is 4.79 Å². The summed E-state index contributed by atoms with van der Waals surface area (Å²) in [6, 6.07) is 12.8. The third kappa shape index (κ3) is 2.72. The summed E-state index contributed by atoms with van der Waals surface area (Å²) in [7, 11) is 3.88. The number of amides is 1. The molecule has 0 fully saturated rings. The van der Waals surface area contributed by atoms with Crippen LogP contribution in [0.2, 0.25) is 0 Å². The van der Waals surface area contributed by atoms with Gasteiger partial charge in [-0.15, -0.1) is 0 Å². The summed E-state index contributed by atoms with van der Waals surface area (Å²) < 4.78 is 5.18. The Hall–Kier alpha value is -2.82. The third-order valence-electron chi connectivity index (χ3n) is 3.21. The van der Waals surface area contributed by atoms with Gasteiger partial charge in [-0.2, -0.15) is 0 Å². The van der Waals surface area contributed by atoms with Crippen LogP contribution in [0.5, 0.6) is 0 Å². The van der Waals surface area contributed by atoms with E-state index in [2.05, 4.69) is 10.3 Å². The molecule has 21 heavy (non-hydrogen) atoms. The predicted octanol–water partition coefficient (Wildman–Crippen LogP) is 3.15. The number of hydrogen-bond donors (Lipinski definition) is 1. The van der Waals surface area contributed by atoms with E-state index in [1.807, 2.05) is 37.2 Å². The minimum absolute atomic E-state index is 0.151. The van der Waals surface area contributed by atoms with Crippen LogP contribution in [0, 0.1) is 0 Å². The lowest BCUT2D eigenvalue weighted by Gasteiger charge is -2.13. The standard InChI is InChI=1S/C16H15N3O2/c1-19(2)13-5-3-4-11(8-13)16(20)18-12-6-7-15-14(9-12)17-10-21-15/h3-10H,1-2H3,(H,18,20). The fraction of sp³-hybridized carbons (Fsp3) is 0.125. The first-order valence-corrected chi connectivity index (χ1v) is 6.55. The van der Waals surface area contributed by atoms with Crippen LogP contribution in [0.4, 0.5) is 11.4 Å². The molecule has 0 aliphatic carbocycles. The Kier molecular flexibility index (Phi) is 3.31. The van der Waals surface area contributed by atoms with Crippen molar-refractivity contribution in [2.75, 3.05) is 24.3 Å². The molecule has 1 amide bonds.